The highest BCUT2D eigenvalue weighted by Crippen LogP contribution is 2.33. The normalized spacial score (nSPS) is 21.8. The molecule has 2 saturated heterocycles. The average molecular weight is 408 g/mol. The standard InChI is InChI=1S/C24H29N3O3/c28-22(26-14-11-24(30,12-15-26)20-9-5-2-6-10-20)17-21-23(29)25-13-16-27(21)18-19-7-3-1-4-8-19/h1-10,21,30H,11-18H2,(H,25,29). The molecule has 30 heavy (non-hydrogen) atoms. The number of hydrogen-bond acceptors (Lipinski definition) is 4. The smallest absolute Gasteiger partial charge is 0.237 e. The van der Waals surface area contributed by atoms with Gasteiger partial charge >= 0.3 is 0 Å². The van der Waals surface area contributed by atoms with Crippen LogP contribution in [0.5, 0.6) is 0 Å². The Morgan fingerprint density at radius 1 is 1.00 bits per heavy atom. The second kappa shape index (κ2) is 8.98. The molecule has 4 rings (SSSR count). The fraction of sp³-hybridized carbons (Fsp3) is 0.417. The first-order valence-electron chi connectivity index (χ1n) is 10.7. The number of amides is 2. The third-order valence-corrected chi connectivity index (χ3v) is 6.29. The second-order valence-corrected chi connectivity index (χ2v) is 8.25. The van der Waals surface area contributed by atoms with Crippen molar-refractivity contribution in [3.8, 4) is 0 Å². The molecule has 2 aromatic carbocycles. The van der Waals surface area contributed by atoms with Crippen LogP contribution in [0.4, 0.5) is 0 Å². The summed E-state index contributed by atoms with van der Waals surface area (Å²) in [7, 11) is 0. The van der Waals surface area contributed by atoms with Crippen LogP contribution in [0.1, 0.15) is 30.4 Å². The van der Waals surface area contributed by atoms with Crippen LogP contribution in [-0.4, -0.2) is 58.9 Å². The summed E-state index contributed by atoms with van der Waals surface area (Å²) in [4.78, 5) is 29.4. The van der Waals surface area contributed by atoms with Gasteiger partial charge in [0, 0.05) is 32.7 Å². The lowest BCUT2D eigenvalue weighted by Crippen LogP contribution is -2.56. The fourth-order valence-corrected chi connectivity index (χ4v) is 4.45. The van der Waals surface area contributed by atoms with E-state index < -0.39 is 11.6 Å². The van der Waals surface area contributed by atoms with Crippen LogP contribution >= 0.6 is 0 Å². The largest absolute Gasteiger partial charge is 0.385 e. The third-order valence-electron chi connectivity index (χ3n) is 6.29. The summed E-state index contributed by atoms with van der Waals surface area (Å²) in [5.74, 6) is -0.103. The van der Waals surface area contributed by atoms with Gasteiger partial charge in [0.2, 0.25) is 11.8 Å². The maximum atomic E-state index is 13.0. The molecule has 2 aliphatic heterocycles. The summed E-state index contributed by atoms with van der Waals surface area (Å²) in [6.07, 6.45) is 1.18. The van der Waals surface area contributed by atoms with Crippen molar-refractivity contribution in [3.63, 3.8) is 0 Å². The van der Waals surface area contributed by atoms with E-state index in [4.69, 9.17) is 0 Å². The van der Waals surface area contributed by atoms with Crippen LogP contribution in [-0.2, 0) is 21.7 Å². The maximum Gasteiger partial charge on any atom is 0.237 e. The highest BCUT2D eigenvalue weighted by molar-refractivity contribution is 5.88. The third kappa shape index (κ3) is 4.55. The maximum absolute atomic E-state index is 13.0. The van der Waals surface area contributed by atoms with Crippen LogP contribution in [0.15, 0.2) is 60.7 Å². The number of piperazine rings is 1. The van der Waals surface area contributed by atoms with E-state index in [9.17, 15) is 14.7 Å². The summed E-state index contributed by atoms with van der Waals surface area (Å²) in [6, 6.07) is 19.2. The molecule has 0 radical (unpaired) electrons. The van der Waals surface area contributed by atoms with Crippen LogP contribution in [0.3, 0.4) is 0 Å². The van der Waals surface area contributed by atoms with E-state index in [0.717, 1.165) is 17.7 Å². The molecule has 2 amide bonds. The van der Waals surface area contributed by atoms with Crippen LogP contribution < -0.4 is 5.32 Å². The topological polar surface area (TPSA) is 72.9 Å². The predicted molar refractivity (Wildman–Crippen MR) is 114 cm³/mol. The fourth-order valence-electron chi connectivity index (χ4n) is 4.45. The van der Waals surface area contributed by atoms with Gasteiger partial charge in [0.15, 0.2) is 0 Å². The minimum absolute atomic E-state index is 0.0229. The van der Waals surface area contributed by atoms with E-state index >= 15 is 0 Å². The summed E-state index contributed by atoms with van der Waals surface area (Å²) >= 11 is 0. The lowest BCUT2D eigenvalue weighted by molar-refractivity contribution is -0.142. The molecule has 6 nitrogen and oxygen atoms in total. The quantitative estimate of drug-likeness (QED) is 0.794. The number of piperidine rings is 1. The van der Waals surface area contributed by atoms with Gasteiger partial charge in [0.05, 0.1) is 18.1 Å². The minimum atomic E-state index is -0.889. The lowest BCUT2D eigenvalue weighted by Gasteiger charge is -2.40. The molecular formula is C24H29N3O3. The van der Waals surface area contributed by atoms with Crippen molar-refractivity contribution in [3.05, 3.63) is 71.8 Å². The molecule has 2 N–H and O–H groups in total. The zero-order valence-electron chi connectivity index (χ0n) is 17.2. The molecule has 0 spiro atoms. The van der Waals surface area contributed by atoms with E-state index in [1.54, 1.807) is 4.90 Å². The molecule has 6 heteroatoms. The van der Waals surface area contributed by atoms with Crippen LogP contribution in [0.25, 0.3) is 0 Å². The Balaban J connectivity index is 1.38. The first-order valence-corrected chi connectivity index (χ1v) is 10.7. The Morgan fingerprint density at radius 3 is 2.30 bits per heavy atom. The summed E-state index contributed by atoms with van der Waals surface area (Å²) < 4.78 is 0. The zero-order valence-corrected chi connectivity index (χ0v) is 17.2. The number of hydrogen-bond donors (Lipinski definition) is 2. The monoisotopic (exact) mass is 407 g/mol. The van der Waals surface area contributed by atoms with Gasteiger partial charge in [-0.3, -0.25) is 14.5 Å². The highest BCUT2D eigenvalue weighted by atomic mass is 16.3. The van der Waals surface area contributed by atoms with Crippen LogP contribution in [0, 0.1) is 0 Å². The molecule has 158 valence electrons. The Morgan fingerprint density at radius 2 is 1.63 bits per heavy atom. The van der Waals surface area contributed by atoms with E-state index in [1.807, 2.05) is 60.7 Å². The number of benzene rings is 2. The van der Waals surface area contributed by atoms with E-state index in [2.05, 4.69) is 10.2 Å². The van der Waals surface area contributed by atoms with Crippen molar-refractivity contribution < 1.29 is 14.7 Å². The van der Waals surface area contributed by atoms with Crippen molar-refractivity contribution >= 4 is 11.8 Å². The predicted octanol–water partition coefficient (Wildman–Crippen LogP) is 1.89. The van der Waals surface area contributed by atoms with Gasteiger partial charge in [-0.2, -0.15) is 0 Å². The van der Waals surface area contributed by atoms with Gasteiger partial charge in [-0.05, 0) is 24.0 Å². The molecule has 1 unspecified atom stereocenters. The Labute approximate surface area is 177 Å². The van der Waals surface area contributed by atoms with E-state index in [-0.39, 0.29) is 18.2 Å². The van der Waals surface area contributed by atoms with Gasteiger partial charge < -0.3 is 15.3 Å². The summed E-state index contributed by atoms with van der Waals surface area (Å²) in [5.41, 5.74) is 1.15. The summed E-state index contributed by atoms with van der Waals surface area (Å²) in [6.45, 7) is 2.98. The Kier molecular flexibility index (Phi) is 6.16. The molecule has 2 aromatic rings. The molecule has 0 saturated carbocycles. The molecular weight excluding hydrogens is 378 g/mol. The van der Waals surface area contributed by atoms with Crippen molar-refractivity contribution in [2.45, 2.75) is 37.5 Å². The number of likely N-dealkylation sites (tertiary alicyclic amines) is 1. The van der Waals surface area contributed by atoms with Crippen molar-refractivity contribution in [2.24, 2.45) is 0 Å². The number of rotatable bonds is 5. The van der Waals surface area contributed by atoms with Crippen molar-refractivity contribution in [1.29, 1.82) is 0 Å². The lowest BCUT2D eigenvalue weighted by atomic mass is 9.84. The first kappa shape index (κ1) is 20.6. The zero-order chi connectivity index (χ0) is 21.0. The number of aliphatic hydroxyl groups is 1. The van der Waals surface area contributed by atoms with Gasteiger partial charge in [-0.1, -0.05) is 60.7 Å². The SMILES string of the molecule is O=C1NCCN(Cc2ccccc2)C1CC(=O)N1CCC(O)(c2ccccc2)CC1. The number of nitrogens with zero attached hydrogens (tertiary/aromatic N) is 2. The molecule has 0 aliphatic carbocycles. The van der Waals surface area contributed by atoms with Gasteiger partial charge in [0.25, 0.3) is 0 Å². The Hall–Kier alpha value is -2.70. The van der Waals surface area contributed by atoms with Crippen molar-refractivity contribution in [2.75, 3.05) is 26.2 Å². The van der Waals surface area contributed by atoms with E-state index in [0.29, 0.717) is 39.0 Å². The highest BCUT2D eigenvalue weighted by Gasteiger charge is 2.37. The van der Waals surface area contributed by atoms with Crippen molar-refractivity contribution in [1.82, 2.24) is 15.1 Å². The molecule has 0 aromatic heterocycles. The molecule has 0 bridgehead atoms. The first-order chi connectivity index (χ1) is 14.5. The number of carbonyl (C=O) groups excluding carboxylic acids is 2. The molecule has 1 atom stereocenters. The molecule has 2 heterocycles. The van der Waals surface area contributed by atoms with Gasteiger partial charge in [0.1, 0.15) is 0 Å². The average Bonchev–Trinajstić information content (AvgIpc) is 2.78. The van der Waals surface area contributed by atoms with E-state index in [1.165, 1.54) is 0 Å². The Bertz CT molecular complexity index is 864. The van der Waals surface area contributed by atoms with Gasteiger partial charge in [-0.15, -0.1) is 0 Å². The number of carbonyl (C=O) groups is 2. The molecule has 2 fully saturated rings. The molecule has 2 aliphatic rings. The summed E-state index contributed by atoms with van der Waals surface area (Å²) in [5, 5.41) is 13.9. The minimum Gasteiger partial charge on any atom is -0.385 e. The second-order valence-electron chi connectivity index (χ2n) is 8.25. The van der Waals surface area contributed by atoms with Crippen LogP contribution in [0.2, 0.25) is 0 Å². The van der Waals surface area contributed by atoms with Gasteiger partial charge in [-0.25, -0.2) is 0 Å². The number of nitrogens with one attached hydrogen (secondary N) is 1.